The molecule has 1 atom stereocenters. The maximum atomic E-state index is 10.4. The molecule has 12 heavy (non-hydrogen) atoms. The lowest BCUT2D eigenvalue weighted by Gasteiger charge is -2.16. The minimum absolute atomic E-state index is 0.429. The van der Waals surface area contributed by atoms with E-state index in [-0.39, 0.29) is 0 Å². The van der Waals surface area contributed by atoms with E-state index in [0.717, 1.165) is 6.42 Å². The lowest BCUT2D eigenvalue weighted by Crippen LogP contribution is -2.42. The second-order valence-corrected chi connectivity index (χ2v) is 2.27. The highest BCUT2D eigenvalue weighted by Gasteiger charge is 2.10. The Kier molecular flexibility index (Phi) is 4.59. The van der Waals surface area contributed by atoms with E-state index < -0.39 is 18.3 Å². The van der Waals surface area contributed by atoms with E-state index in [2.05, 4.69) is 5.32 Å². The molecule has 2 amide bonds. The molecule has 0 saturated carbocycles. The molecule has 0 aromatic rings. The molecule has 0 radical (unpaired) electrons. The maximum absolute atomic E-state index is 10.4. The van der Waals surface area contributed by atoms with Gasteiger partial charge in [-0.3, -0.25) is 5.41 Å². The summed E-state index contributed by atoms with van der Waals surface area (Å²) in [5.41, 5.74) is 9.83. The van der Waals surface area contributed by atoms with Crippen molar-refractivity contribution in [2.45, 2.75) is 26.0 Å². The monoisotopic (exact) mass is 174 g/mol. The first-order valence-electron chi connectivity index (χ1n) is 3.63. The van der Waals surface area contributed by atoms with Crippen LogP contribution in [0.5, 0.6) is 0 Å². The fourth-order valence-corrected chi connectivity index (χ4v) is 0.735. The predicted molar refractivity (Wildman–Crippen MR) is 44.4 cm³/mol. The second-order valence-electron chi connectivity index (χ2n) is 2.27. The first-order chi connectivity index (χ1) is 5.56. The molecule has 0 aromatic carbocycles. The SMILES string of the molecule is CCCC(NC(N)=O)OC(=N)N. The van der Waals surface area contributed by atoms with Crippen LogP contribution in [0.25, 0.3) is 0 Å². The largest absolute Gasteiger partial charge is 0.442 e. The Morgan fingerprint density at radius 3 is 2.58 bits per heavy atom. The summed E-state index contributed by atoms with van der Waals surface area (Å²) >= 11 is 0. The maximum Gasteiger partial charge on any atom is 0.315 e. The van der Waals surface area contributed by atoms with E-state index >= 15 is 0 Å². The number of amides is 2. The summed E-state index contributed by atoms with van der Waals surface area (Å²) in [6.07, 6.45) is 0.783. The summed E-state index contributed by atoms with van der Waals surface area (Å²) in [5.74, 6) is 0. The molecule has 0 saturated heterocycles. The average molecular weight is 174 g/mol. The van der Waals surface area contributed by atoms with Gasteiger partial charge in [-0.1, -0.05) is 13.3 Å². The number of carbonyl (C=O) groups excluding carboxylic acids is 1. The Labute approximate surface area is 70.8 Å². The lowest BCUT2D eigenvalue weighted by atomic mass is 10.3. The molecule has 6 heteroatoms. The fraction of sp³-hybridized carbons (Fsp3) is 0.667. The van der Waals surface area contributed by atoms with Gasteiger partial charge in [-0.2, -0.15) is 0 Å². The number of primary amides is 1. The predicted octanol–water partition coefficient (Wildman–Crippen LogP) is -0.309. The van der Waals surface area contributed by atoms with E-state index in [4.69, 9.17) is 21.6 Å². The van der Waals surface area contributed by atoms with E-state index in [1.807, 2.05) is 6.92 Å². The van der Waals surface area contributed by atoms with Crippen molar-refractivity contribution >= 4 is 12.1 Å². The molecule has 70 valence electrons. The zero-order valence-electron chi connectivity index (χ0n) is 6.96. The third kappa shape index (κ3) is 5.33. The third-order valence-corrected chi connectivity index (χ3v) is 1.12. The summed E-state index contributed by atoms with van der Waals surface area (Å²) in [6.45, 7) is 1.92. The Hall–Kier alpha value is -1.46. The van der Waals surface area contributed by atoms with Gasteiger partial charge >= 0.3 is 6.03 Å². The van der Waals surface area contributed by atoms with Crippen LogP contribution in [0.4, 0.5) is 4.79 Å². The van der Waals surface area contributed by atoms with E-state index in [1.165, 1.54) is 0 Å². The molecule has 6 nitrogen and oxygen atoms in total. The summed E-state index contributed by atoms with van der Waals surface area (Å²) in [5, 5.41) is 9.12. The first kappa shape index (κ1) is 10.5. The Morgan fingerprint density at radius 1 is 1.67 bits per heavy atom. The molecule has 1 unspecified atom stereocenters. The van der Waals surface area contributed by atoms with Crippen molar-refractivity contribution in [2.24, 2.45) is 11.5 Å². The highest BCUT2D eigenvalue weighted by atomic mass is 16.5. The van der Waals surface area contributed by atoms with E-state index in [1.54, 1.807) is 0 Å². The number of hydrogen-bond donors (Lipinski definition) is 4. The lowest BCUT2D eigenvalue weighted by molar-refractivity contribution is 0.142. The van der Waals surface area contributed by atoms with Crippen molar-refractivity contribution in [1.82, 2.24) is 5.32 Å². The van der Waals surface area contributed by atoms with Gasteiger partial charge in [0.05, 0.1) is 0 Å². The number of hydrogen-bond acceptors (Lipinski definition) is 3. The van der Waals surface area contributed by atoms with Crippen LogP contribution in [-0.2, 0) is 4.74 Å². The van der Waals surface area contributed by atoms with Crippen molar-refractivity contribution in [2.75, 3.05) is 0 Å². The van der Waals surface area contributed by atoms with Crippen molar-refractivity contribution in [3.63, 3.8) is 0 Å². The van der Waals surface area contributed by atoms with Crippen LogP contribution in [0.3, 0.4) is 0 Å². The molecule has 0 aliphatic heterocycles. The van der Waals surface area contributed by atoms with Crippen molar-refractivity contribution < 1.29 is 9.53 Å². The van der Waals surface area contributed by atoms with Crippen LogP contribution in [0.1, 0.15) is 19.8 Å². The molecule has 0 bridgehead atoms. The standard InChI is InChI=1S/C6H14N4O2/c1-2-3-4(10-6(9)11)12-5(7)8/h4H,2-3H2,1H3,(H3,7,8)(H3,9,10,11). The summed E-state index contributed by atoms with van der Waals surface area (Å²) in [6, 6.07) is -1.11. The topological polar surface area (TPSA) is 114 Å². The van der Waals surface area contributed by atoms with Crippen LogP contribution in [0.2, 0.25) is 0 Å². The quantitative estimate of drug-likeness (QED) is 0.266. The Morgan fingerprint density at radius 2 is 2.25 bits per heavy atom. The zero-order valence-corrected chi connectivity index (χ0v) is 6.96. The van der Waals surface area contributed by atoms with Gasteiger partial charge in [0.25, 0.3) is 6.02 Å². The van der Waals surface area contributed by atoms with Gasteiger partial charge in [0.2, 0.25) is 0 Å². The van der Waals surface area contributed by atoms with Crippen molar-refractivity contribution in [3.8, 4) is 0 Å². The van der Waals surface area contributed by atoms with Gasteiger partial charge in [0.1, 0.15) is 0 Å². The molecule has 0 aliphatic carbocycles. The molecule has 0 aliphatic rings. The smallest absolute Gasteiger partial charge is 0.315 e. The summed E-state index contributed by atoms with van der Waals surface area (Å²) in [7, 11) is 0. The van der Waals surface area contributed by atoms with Gasteiger partial charge in [0, 0.05) is 6.42 Å². The molecule has 6 N–H and O–H groups in total. The first-order valence-corrected chi connectivity index (χ1v) is 3.63. The minimum atomic E-state index is -0.685. The molecule has 0 rings (SSSR count). The fourth-order valence-electron chi connectivity index (χ4n) is 0.735. The second kappa shape index (κ2) is 5.22. The minimum Gasteiger partial charge on any atom is -0.442 e. The number of nitrogens with two attached hydrogens (primary N) is 2. The molecule has 0 fully saturated rings. The van der Waals surface area contributed by atoms with Crippen LogP contribution < -0.4 is 16.8 Å². The van der Waals surface area contributed by atoms with Gasteiger partial charge in [0.15, 0.2) is 6.23 Å². The molecular formula is C6H14N4O2. The molecule has 0 heterocycles. The molecular weight excluding hydrogens is 160 g/mol. The summed E-state index contributed by atoms with van der Waals surface area (Å²) in [4.78, 5) is 10.4. The van der Waals surface area contributed by atoms with Crippen LogP contribution in [0, 0.1) is 5.41 Å². The van der Waals surface area contributed by atoms with Gasteiger partial charge in [-0.25, -0.2) is 4.79 Å². The zero-order chi connectivity index (χ0) is 9.56. The third-order valence-electron chi connectivity index (χ3n) is 1.12. The highest BCUT2D eigenvalue weighted by molar-refractivity contribution is 5.72. The normalized spacial score (nSPS) is 11.8. The summed E-state index contributed by atoms with van der Waals surface area (Å²) < 4.78 is 4.75. The molecule has 0 aromatic heterocycles. The molecule has 0 spiro atoms. The Bertz CT molecular complexity index is 155. The number of ether oxygens (including phenoxy) is 1. The van der Waals surface area contributed by atoms with Crippen molar-refractivity contribution in [1.29, 1.82) is 5.41 Å². The van der Waals surface area contributed by atoms with Crippen LogP contribution in [0.15, 0.2) is 0 Å². The van der Waals surface area contributed by atoms with Gasteiger partial charge in [-0.15, -0.1) is 0 Å². The highest BCUT2D eigenvalue weighted by Crippen LogP contribution is 1.97. The van der Waals surface area contributed by atoms with Gasteiger partial charge in [-0.05, 0) is 0 Å². The van der Waals surface area contributed by atoms with Gasteiger partial charge < -0.3 is 21.5 Å². The number of rotatable bonds is 4. The van der Waals surface area contributed by atoms with E-state index in [9.17, 15) is 4.79 Å². The van der Waals surface area contributed by atoms with Crippen molar-refractivity contribution in [3.05, 3.63) is 0 Å². The van der Waals surface area contributed by atoms with Crippen LogP contribution >= 0.6 is 0 Å². The number of urea groups is 1. The number of carbonyl (C=O) groups is 1. The van der Waals surface area contributed by atoms with Crippen LogP contribution in [-0.4, -0.2) is 18.3 Å². The number of nitrogens with one attached hydrogen (secondary N) is 2. The average Bonchev–Trinajstić information content (AvgIpc) is 1.84. The number of amidine groups is 1. The Balaban J connectivity index is 3.85. The van der Waals surface area contributed by atoms with E-state index in [0.29, 0.717) is 6.42 Å².